The molecule has 0 unspecified atom stereocenters. The van der Waals surface area contributed by atoms with E-state index in [0.717, 1.165) is 72.2 Å². The van der Waals surface area contributed by atoms with Crippen molar-refractivity contribution in [2.45, 2.75) is 63.5 Å². The minimum Gasteiger partial charge on any atom is -0.346 e. The van der Waals surface area contributed by atoms with Gasteiger partial charge in [-0.05, 0) is 50.5 Å². The van der Waals surface area contributed by atoms with Crippen LogP contribution in [0, 0.1) is 17.2 Å². The summed E-state index contributed by atoms with van der Waals surface area (Å²) >= 11 is 0. The van der Waals surface area contributed by atoms with Gasteiger partial charge in [-0.2, -0.15) is 5.26 Å². The number of imidazole rings is 1. The molecule has 0 amide bonds. The van der Waals surface area contributed by atoms with Gasteiger partial charge in [0.05, 0.1) is 24.3 Å². The molecule has 2 fully saturated rings. The summed E-state index contributed by atoms with van der Waals surface area (Å²) in [5.74, 6) is 1.91. The van der Waals surface area contributed by atoms with Crippen molar-refractivity contribution in [2.75, 3.05) is 0 Å². The van der Waals surface area contributed by atoms with Crippen LogP contribution in [0.3, 0.4) is 0 Å². The molecular formula is C22H23N7O2. The van der Waals surface area contributed by atoms with Crippen LogP contribution in [0.4, 0.5) is 0 Å². The predicted molar refractivity (Wildman–Crippen MR) is 112 cm³/mol. The van der Waals surface area contributed by atoms with E-state index in [0.29, 0.717) is 24.8 Å². The number of hydrogen-bond donors (Lipinski definition) is 1. The Labute approximate surface area is 177 Å². The minimum atomic E-state index is -0.428. The monoisotopic (exact) mass is 417 g/mol. The first kappa shape index (κ1) is 18.4. The number of nitriles is 1. The van der Waals surface area contributed by atoms with Crippen LogP contribution < -0.4 is 5.76 Å². The molecule has 2 aliphatic rings. The Balaban J connectivity index is 1.47. The second-order valence-electron chi connectivity index (χ2n) is 8.83. The van der Waals surface area contributed by atoms with E-state index < -0.39 is 5.76 Å². The van der Waals surface area contributed by atoms with Crippen molar-refractivity contribution in [1.29, 1.82) is 5.26 Å². The first-order chi connectivity index (χ1) is 15.2. The molecule has 0 bridgehead atoms. The molecule has 0 spiro atoms. The Kier molecular flexibility index (Phi) is 4.19. The van der Waals surface area contributed by atoms with Crippen LogP contribution in [0.2, 0.25) is 0 Å². The summed E-state index contributed by atoms with van der Waals surface area (Å²) in [6.07, 6.45) is 10.4. The van der Waals surface area contributed by atoms with Gasteiger partial charge in [-0.1, -0.05) is 5.16 Å². The van der Waals surface area contributed by atoms with Crippen molar-refractivity contribution < 1.29 is 4.52 Å². The Bertz CT molecular complexity index is 1360. The molecule has 1 N–H and O–H groups in total. The Morgan fingerprint density at radius 1 is 1.23 bits per heavy atom. The lowest BCUT2D eigenvalue weighted by Crippen LogP contribution is -2.24. The lowest BCUT2D eigenvalue weighted by Gasteiger charge is -2.30. The highest BCUT2D eigenvalue weighted by molar-refractivity contribution is 6.01. The number of fused-ring (bicyclic) bond motifs is 3. The highest BCUT2D eigenvalue weighted by atomic mass is 16.5. The van der Waals surface area contributed by atoms with E-state index >= 15 is 0 Å². The molecule has 158 valence electrons. The van der Waals surface area contributed by atoms with E-state index in [1.165, 1.54) is 0 Å². The molecule has 0 aliphatic heterocycles. The maximum Gasteiger partial charge on any atom is 0.442 e. The maximum absolute atomic E-state index is 12.4. The molecule has 2 aliphatic carbocycles. The van der Waals surface area contributed by atoms with Gasteiger partial charge in [-0.3, -0.25) is 9.09 Å². The molecule has 4 heterocycles. The fraction of sp³-hybridized carbons (Fsp3) is 0.500. The summed E-state index contributed by atoms with van der Waals surface area (Å²) in [4.78, 5) is 25.0. The first-order valence-corrected chi connectivity index (χ1v) is 11.0. The number of rotatable bonds is 5. The molecule has 0 atom stereocenters. The minimum absolute atomic E-state index is 0.274. The van der Waals surface area contributed by atoms with Crippen molar-refractivity contribution >= 4 is 22.1 Å². The Hall–Kier alpha value is -3.41. The van der Waals surface area contributed by atoms with Crippen LogP contribution in [-0.2, 0) is 6.54 Å². The zero-order valence-corrected chi connectivity index (χ0v) is 17.1. The van der Waals surface area contributed by atoms with Crippen LogP contribution in [0.1, 0.15) is 68.6 Å². The van der Waals surface area contributed by atoms with E-state index in [2.05, 4.69) is 25.8 Å². The van der Waals surface area contributed by atoms with Crippen LogP contribution in [0.5, 0.6) is 0 Å². The van der Waals surface area contributed by atoms with Crippen molar-refractivity contribution in [3.8, 4) is 6.07 Å². The van der Waals surface area contributed by atoms with Crippen LogP contribution >= 0.6 is 0 Å². The van der Waals surface area contributed by atoms with Gasteiger partial charge in [0.15, 0.2) is 5.82 Å². The van der Waals surface area contributed by atoms with Gasteiger partial charge in [-0.25, -0.2) is 14.8 Å². The number of nitrogens with one attached hydrogen (secondary N) is 1. The number of pyridine rings is 1. The first-order valence-electron chi connectivity index (χ1n) is 11.0. The summed E-state index contributed by atoms with van der Waals surface area (Å²) in [5.41, 5.74) is 2.72. The normalized spacial score (nSPS) is 21.6. The summed E-state index contributed by atoms with van der Waals surface area (Å²) in [7, 11) is 0. The van der Waals surface area contributed by atoms with Gasteiger partial charge in [0.1, 0.15) is 17.0 Å². The molecule has 0 saturated heterocycles. The highest BCUT2D eigenvalue weighted by Gasteiger charge is 2.32. The van der Waals surface area contributed by atoms with Crippen LogP contribution in [-0.4, -0.2) is 29.2 Å². The Morgan fingerprint density at radius 3 is 2.84 bits per heavy atom. The molecule has 6 rings (SSSR count). The number of aromatic nitrogens is 6. The number of H-pyrrole nitrogens is 1. The molecule has 0 radical (unpaired) electrons. The summed E-state index contributed by atoms with van der Waals surface area (Å²) in [6.45, 7) is 0.340. The standard InChI is InChI=1S/C22H23N7O2/c23-9-7-13-1-5-15(6-2-13)29-18(12-28-21(14-3-4-14)27-31-22(28)30)26-17-11-25-20-16(19(17)29)8-10-24-20/h8,10-11,13-15H,1-7,12H2,(H,24,25)/t13-,15-. The zero-order chi connectivity index (χ0) is 20.9. The molecule has 4 aromatic rings. The molecule has 2 saturated carbocycles. The smallest absolute Gasteiger partial charge is 0.346 e. The Morgan fingerprint density at radius 2 is 2.06 bits per heavy atom. The molecule has 9 heteroatoms. The van der Waals surface area contributed by atoms with Gasteiger partial charge >= 0.3 is 5.76 Å². The van der Waals surface area contributed by atoms with Crippen LogP contribution in [0.25, 0.3) is 22.1 Å². The zero-order valence-electron chi connectivity index (χ0n) is 17.1. The number of hydrogen-bond acceptors (Lipinski definition) is 6. The predicted octanol–water partition coefficient (Wildman–Crippen LogP) is 3.63. The van der Waals surface area contributed by atoms with E-state index in [4.69, 9.17) is 14.8 Å². The van der Waals surface area contributed by atoms with Gasteiger partial charge in [-0.15, -0.1) is 0 Å². The van der Waals surface area contributed by atoms with E-state index in [1.54, 1.807) is 10.8 Å². The average Bonchev–Trinajstić information content (AvgIpc) is 3.22. The van der Waals surface area contributed by atoms with Gasteiger partial charge in [0, 0.05) is 30.0 Å². The maximum atomic E-state index is 12.4. The molecule has 9 nitrogen and oxygen atoms in total. The van der Waals surface area contributed by atoms with Crippen molar-refractivity contribution in [3.63, 3.8) is 0 Å². The van der Waals surface area contributed by atoms with Gasteiger partial charge in [0.2, 0.25) is 0 Å². The second-order valence-corrected chi connectivity index (χ2v) is 8.83. The average molecular weight is 417 g/mol. The van der Waals surface area contributed by atoms with E-state index in [-0.39, 0.29) is 6.04 Å². The van der Waals surface area contributed by atoms with Gasteiger partial charge in [0.25, 0.3) is 0 Å². The quantitative estimate of drug-likeness (QED) is 0.530. The molecular weight excluding hydrogens is 394 g/mol. The third-order valence-corrected chi connectivity index (χ3v) is 6.82. The summed E-state index contributed by atoms with van der Waals surface area (Å²) in [5, 5.41) is 14.1. The molecule has 0 aromatic carbocycles. The third kappa shape index (κ3) is 3.05. The lowest BCUT2D eigenvalue weighted by atomic mass is 9.84. The fourth-order valence-corrected chi connectivity index (χ4v) is 5.08. The lowest BCUT2D eigenvalue weighted by molar-refractivity contribution is 0.276. The second kappa shape index (κ2) is 7.08. The van der Waals surface area contributed by atoms with E-state index in [9.17, 15) is 4.79 Å². The van der Waals surface area contributed by atoms with Crippen molar-refractivity contribution in [3.05, 3.63) is 40.7 Å². The van der Waals surface area contributed by atoms with Crippen molar-refractivity contribution in [2.24, 2.45) is 5.92 Å². The van der Waals surface area contributed by atoms with Crippen LogP contribution in [0.15, 0.2) is 27.8 Å². The number of nitrogens with zero attached hydrogens (tertiary/aromatic N) is 6. The molecule has 31 heavy (non-hydrogen) atoms. The highest BCUT2D eigenvalue weighted by Crippen LogP contribution is 2.40. The number of aromatic amines is 1. The topological polar surface area (TPSA) is 118 Å². The summed E-state index contributed by atoms with van der Waals surface area (Å²) < 4.78 is 8.95. The summed E-state index contributed by atoms with van der Waals surface area (Å²) in [6, 6.07) is 4.63. The largest absolute Gasteiger partial charge is 0.442 e. The van der Waals surface area contributed by atoms with Crippen molar-refractivity contribution in [1.82, 2.24) is 29.2 Å². The third-order valence-electron chi connectivity index (χ3n) is 6.82. The van der Waals surface area contributed by atoms with E-state index in [1.807, 2.05) is 12.3 Å². The van der Waals surface area contributed by atoms with Gasteiger partial charge < -0.3 is 9.55 Å². The SMILES string of the molecule is N#CC[C@H]1CC[C@H](n2c(Cn3c(C4CC4)noc3=O)nc3cnc4[nH]ccc4c32)CC1. The molecule has 4 aromatic heterocycles. The fourth-order valence-electron chi connectivity index (χ4n) is 5.08.